The van der Waals surface area contributed by atoms with Crippen LogP contribution in [0.2, 0.25) is 0 Å². The summed E-state index contributed by atoms with van der Waals surface area (Å²) in [5.41, 5.74) is 0.796. The number of hydrogen-bond donors (Lipinski definition) is 1. The number of carbonyl (C=O) groups excluding carboxylic acids is 1. The molecule has 2 aliphatic heterocycles. The van der Waals surface area contributed by atoms with Gasteiger partial charge in [0.15, 0.2) is 12.0 Å². The molecule has 0 saturated heterocycles. The van der Waals surface area contributed by atoms with E-state index in [9.17, 15) is 18.9 Å². The maximum Gasteiger partial charge on any atom is 0.530 e. The molecule has 2 aromatic rings. The Morgan fingerprint density at radius 2 is 2.00 bits per heavy atom. The van der Waals surface area contributed by atoms with Crippen LogP contribution in [0.25, 0.3) is 0 Å². The molecule has 3 atom stereocenters. The molecule has 34 heavy (non-hydrogen) atoms. The van der Waals surface area contributed by atoms with Crippen LogP contribution in [-0.2, 0) is 30.4 Å². The van der Waals surface area contributed by atoms with Crippen LogP contribution in [-0.4, -0.2) is 28.0 Å². The van der Waals surface area contributed by atoms with Crippen molar-refractivity contribution in [2.45, 2.75) is 59.0 Å². The number of aromatic nitrogens is 2. The number of hydrogen-bond acceptors (Lipinski definition) is 8. The van der Waals surface area contributed by atoms with Crippen molar-refractivity contribution in [3.8, 4) is 5.75 Å². The van der Waals surface area contributed by atoms with Gasteiger partial charge in [0.2, 0.25) is 0 Å². The number of ketones is 1. The first-order chi connectivity index (χ1) is 15.9. The lowest BCUT2D eigenvalue weighted by atomic mass is 9.83. The van der Waals surface area contributed by atoms with E-state index in [1.54, 1.807) is 31.2 Å². The van der Waals surface area contributed by atoms with Gasteiger partial charge in [-0.1, -0.05) is 26.8 Å². The molecule has 0 spiro atoms. The fourth-order valence-electron chi connectivity index (χ4n) is 3.70. The highest BCUT2D eigenvalue weighted by Gasteiger charge is 2.39. The number of ether oxygens (including phenoxy) is 1. The van der Waals surface area contributed by atoms with Gasteiger partial charge in [0.05, 0.1) is 13.2 Å². The number of aromatic amines is 1. The molecule has 3 heterocycles. The van der Waals surface area contributed by atoms with Crippen LogP contribution in [0.15, 0.2) is 40.1 Å². The Kier molecular flexibility index (Phi) is 6.29. The first kappa shape index (κ1) is 24.3. The standard InChI is InChI=1S/C23H27N2O8P/c1-13-10-25(22(28)24-21(13)27)19-7-6-17(32-19)12-31-34(29)30-11-16-8-15(14(2)26)9-18(20(16)33-34)23(3,4)5/h6-10,17,19H,11-12H2,1-5H3,(H,24,27,28)/t17-,19+,34-/m0/s1. The normalized spacial score (nSPS) is 24.0. The van der Waals surface area contributed by atoms with Crippen LogP contribution in [0.1, 0.15) is 61.0 Å². The van der Waals surface area contributed by atoms with E-state index in [1.165, 1.54) is 17.7 Å². The number of fused-ring (bicyclic) bond motifs is 1. The Bertz CT molecular complexity index is 1330. The number of Topliss-reactive ketones (excluding diaryl/α,β-unsaturated/α-hetero) is 1. The van der Waals surface area contributed by atoms with Gasteiger partial charge >= 0.3 is 13.5 Å². The van der Waals surface area contributed by atoms with Crippen molar-refractivity contribution >= 4 is 13.6 Å². The van der Waals surface area contributed by atoms with Crippen molar-refractivity contribution in [2.75, 3.05) is 6.61 Å². The summed E-state index contributed by atoms with van der Waals surface area (Å²) in [6, 6.07) is 3.42. The lowest BCUT2D eigenvalue weighted by Gasteiger charge is -2.31. The fraction of sp³-hybridized carbons (Fsp3) is 0.435. The molecule has 11 heteroatoms. The molecule has 0 saturated carbocycles. The minimum absolute atomic E-state index is 0.0349. The van der Waals surface area contributed by atoms with Gasteiger partial charge in [-0.05, 0) is 37.5 Å². The number of rotatable bonds is 5. The average Bonchev–Trinajstić information content (AvgIpc) is 3.22. The molecule has 1 aromatic carbocycles. The van der Waals surface area contributed by atoms with E-state index in [2.05, 4.69) is 4.98 Å². The van der Waals surface area contributed by atoms with Crippen LogP contribution < -0.4 is 15.8 Å². The molecule has 182 valence electrons. The number of phosphoric ester groups is 1. The van der Waals surface area contributed by atoms with E-state index >= 15 is 0 Å². The molecule has 2 aliphatic rings. The molecule has 4 rings (SSSR count). The number of aryl methyl sites for hydroxylation is 1. The number of benzene rings is 1. The van der Waals surface area contributed by atoms with Gasteiger partial charge in [-0.25, -0.2) is 9.36 Å². The van der Waals surface area contributed by atoms with Crippen LogP contribution in [0, 0.1) is 6.92 Å². The Morgan fingerprint density at radius 3 is 2.68 bits per heavy atom. The zero-order chi connectivity index (χ0) is 24.8. The van der Waals surface area contributed by atoms with Crippen molar-refractivity contribution in [3.05, 3.63) is 73.6 Å². The third-order valence-corrected chi connectivity index (χ3v) is 6.90. The zero-order valence-electron chi connectivity index (χ0n) is 19.6. The van der Waals surface area contributed by atoms with Gasteiger partial charge < -0.3 is 9.26 Å². The van der Waals surface area contributed by atoms with Crippen LogP contribution >= 0.6 is 7.82 Å². The minimum Gasteiger partial charge on any atom is -0.403 e. The van der Waals surface area contributed by atoms with Gasteiger partial charge in [-0.15, -0.1) is 0 Å². The Morgan fingerprint density at radius 1 is 1.26 bits per heavy atom. The van der Waals surface area contributed by atoms with E-state index in [4.69, 9.17) is 18.3 Å². The molecule has 0 unspecified atom stereocenters. The second-order valence-electron chi connectivity index (χ2n) is 9.35. The highest BCUT2D eigenvalue weighted by molar-refractivity contribution is 7.49. The molecule has 0 amide bonds. The van der Waals surface area contributed by atoms with Crippen molar-refractivity contribution < 1.29 is 27.7 Å². The Labute approximate surface area is 196 Å². The van der Waals surface area contributed by atoms with Crippen molar-refractivity contribution in [1.29, 1.82) is 0 Å². The monoisotopic (exact) mass is 490 g/mol. The molecule has 0 fully saturated rings. The number of nitrogens with one attached hydrogen (secondary N) is 1. The first-order valence-electron chi connectivity index (χ1n) is 10.8. The van der Waals surface area contributed by atoms with E-state index in [0.29, 0.717) is 22.4 Å². The highest BCUT2D eigenvalue weighted by Crippen LogP contribution is 2.57. The minimum atomic E-state index is -3.96. The van der Waals surface area contributed by atoms with Crippen LogP contribution in [0.3, 0.4) is 0 Å². The number of H-pyrrole nitrogens is 1. The summed E-state index contributed by atoms with van der Waals surface area (Å²) < 4.78 is 37.0. The smallest absolute Gasteiger partial charge is 0.403 e. The third-order valence-electron chi connectivity index (χ3n) is 5.58. The van der Waals surface area contributed by atoms with Gasteiger partial charge in [-0.3, -0.25) is 28.2 Å². The molecular weight excluding hydrogens is 463 g/mol. The van der Waals surface area contributed by atoms with Crippen LogP contribution in [0.5, 0.6) is 5.75 Å². The lowest BCUT2D eigenvalue weighted by Crippen LogP contribution is -2.33. The third kappa shape index (κ3) is 4.86. The van der Waals surface area contributed by atoms with Gasteiger partial charge in [0.1, 0.15) is 11.9 Å². The summed E-state index contributed by atoms with van der Waals surface area (Å²) >= 11 is 0. The summed E-state index contributed by atoms with van der Waals surface area (Å²) in [6.07, 6.45) is 3.35. The first-order valence-corrected chi connectivity index (χ1v) is 12.3. The molecular formula is C23H27N2O8P. The maximum atomic E-state index is 13.2. The number of nitrogens with zero attached hydrogens (tertiary/aromatic N) is 1. The molecule has 1 aromatic heterocycles. The zero-order valence-corrected chi connectivity index (χ0v) is 20.5. The highest BCUT2D eigenvalue weighted by atomic mass is 31.2. The fourth-order valence-corrected chi connectivity index (χ4v) is 4.94. The lowest BCUT2D eigenvalue weighted by molar-refractivity contribution is -0.0131. The van der Waals surface area contributed by atoms with Crippen molar-refractivity contribution in [1.82, 2.24) is 9.55 Å². The van der Waals surface area contributed by atoms with Gasteiger partial charge in [0.25, 0.3) is 5.56 Å². The van der Waals surface area contributed by atoms with Crippen LogP contribution in [0.4, 0.5) is 0 Å². The number of phosphoric acid groups is 1. The predicted octanol–water partition coefficient (Wildman–Crippen LogP) is 3.53. The summed E-state index contributed by atoms with van der Waals surface area (Å²) in [7, 11) is -3.96. The Hall–Kier alpha value is -2.78. The van der Waals surface area contributed by atoms with Crippen molar-refractivity contribution in [3.63, 3.8) is 0 Å². The predicted molar refractivity (Wildman–Crippen MR) is 123 cm³/mol. The second-order valence-corrected chi connectivity index (χ2v) is 10.9. The molecule has 1 N–H and O–H groups in total. The number of carbonyl (C=O) groups is 1. The van der Waals surface area contributed by atoms with E-state index in [1.807, 2.05) is 20.8 Å². The summed E-state index contributed by atoms with van der Waals surface area (Å²) in [5.74, 6) is 0.304. The SMILES string of the molecule is CC(=O)c1cc2c(c(C(C)(C)C)c1)O[P@](=O)(OC[C@@H]1C=C[C@H](n3cc(C)c(=O)[nH]c3=O)O1)OC2. The van der Waals surface area contributed by atoms with E-state index in [-0.39, 0.29) is 24.4 Å². The molecule has 0 aliphatic carbocycles. The Balaban J connectivity index is 1.48. The average molecular weight is 490 g/mol. The summed E-state index contributed by atoms with van der Waals surface area (Å²) in [6.45, 7) is 8.79. The molecule has 10 nitrogen and oxygen atoms in total. The molecule has 0 bridgehead atoms. The quantitative estimate of drug-likeness (QED) is 0.383. The second kappa shape index (κ2) is 8.78. The largest absolute Gasteiger partial charge is 0.530 e. The van der Waals surface area contributed by atoms with Gasteiger partial charge in [-0.2, -0.15) is 0 Å². The topological polar surface area (TPSA) is 126 Å². The summed E-state index contributed by atoms with van der Waals surface area (Å²) in [4.78, 5) is 37.9. The van der Waals surface area contributed by atoms with E-state index in [0.717, 1.165) is 5.56 Å². The van der Waals surface area contributed by atoms with E-state index < -0.39 is 31.4 Å². The van der Waals surface area contributed by atoms with Gasteiger partial charge in [0, 0.05) is 28.5 Å². The molecule has 0 radical (unpaired) electrons. The maximum absolute atomic E-state index is 13.2. The van der Waals surface area contributed by atoms with Crippen molar-refractivity contribution in [2.24, 2.45) is 0 Å². The summed E-state index contributed by atoms with van der Waals surface area (Å²) in [5, 5.41) is 0.